The fourth-order valence-corrected chi connectivity index (χ4v) is 5.55. The van der Waals surface area contributed by atoms with Gasteiger partial charge in [-0.25, -0.2) is 9.67 Å². The molecular weight excluding hydrogens is 460 g/mol. The summed E-state index contributed by atoms with van der Waals surface area (Å²) < 4.78 is 8.36. The van der Waals surface area contributed by atoms with Gasteiger partial charge in [-0.2, -0.15) is 5.10 Å². The Labute approximate surface area is 208 Å². The minimum atomic E-state index is -0.252. The largest absolute Gasteiger partial charge is 0.376 e. The highest BCUT2D eigenvalue weighted by molar-refractivity contribution is 7.22. The first-order valence-electron chi connectivity index (χ1n) is 12.4. The van der Waals surface area contributed by atoms with Crippen molar-refractivity contribution in [1.82, 2.24) is 14.8 Å². The Kier molecular flexibility index (Phi) is 7.20. The Hall–Kier alpha value is -3.10. The predicted molar refractivity (Wildman–Crippen MR) is 140 cm³/mol. The van der Waals surface area contributed by atoms with Gasteiger partial charge in [-0.1, -0.05) is 67.9 Å². The molecular formula is C27H30N4O3S. The lowest BCUT2D eigenvalue weighted by molar-refractivity contribution is 0.0913. The molecule has 0 bridgehead atoms. The van der Waals surface area contributed by atoms with Crippen LogP contribution in [0.15, 0.2) is 53.3 Å². The standard InChI is InChI=1S/C27H30N4O3S/c1-2-3-4-9-16-31-25(32)21-13-6-5-12-20(21)24(29-31)26(33)30(18-19-11-10-17-34-19)27-28-22-14-7-8-15-23(22)35-27/h5-8,12-15,19H,2-4,9-11,16-18H2,1H3. The molecule has 2 aromatic heterocycles. The number of carbonyl (C=O) groups excluding carboxylic acids is 1. The van der Waals surface area contributed by atoms with Gasteiger partial charge < -0.3 is 4.74 Å². The minimum Gasteiger partial charge on any atom is -0.376 e. The van der Waals surface area contributed by atoms with Crippen LogP contribution in [0.25, 0.3) is 21.0 Å². The number of benzene rings is 2. The van der Waals surface area contributed by atoms with Crippen LogP contribution in [0.3, 0.4) is 0 Å². The molecule has 182 valence electrons. The molecule has 1 unspecified atom stereocenters. The number of amides is 1. The van der Waals surface area contributed by atoms with Crippen molar-refractivity contribution < 1.29 is 9.53 Å². The average molecular weight is 491 g/mol. The maximum atomic E-state index is 14.1. The van der Waals surface area contributed by atoms with Gasteiger partial charge in [-0.05, 0) is 37.5 Å². The summed E-state index contributed by atoms with van der Waals surface area (Å²) in [5, 5.41) is 6.34. The molecule has 0 N–H and O–H groups in total. The Morgan fingerprint density at radius 3 is 2.69 bits per heavy atom. The van der Waals surface area contributed by atoms with Crippen molar-refractivity contribution in [3.8, 4) is 0 Å². The van der Waals surface area contributed by atoms with Crippen LogP contribution in [0.4, 0.5) is 5.13 Å². The van der Waals surface area contributed by atoms with Crippen molar-refractivity contribution in [2.45, 2.75) is 58.1 Å². The molecule has 1 saturated heterocycles. The molecule has 35 heavy (non-hydrogen) atoms. The molecule has 1 atom stereocenters. The molecule has 1 fully saturated rings. The van der Waals surface area contributed by atoms with Crippen molar-refractivity contribution >= 4 is 43.4 Å². The highest BCUT2D eigenvalue weighted by atomic mass is 32.1. The van der Waals surface area contributed by atoms with E-state index in [0.29, 0.717) is 35.6 Å². The van der Waals surface area contributed by atoms with Gasteiger partial charge >= 0.3 is 0 Å². The van der Waals surface area contributed by atoms with Crippen LogP contribution < -0.4 is 10.5 Å². The molecule has 1 aliphatic heterocycles. The first-order chi connectivity index (χ1) is 17.2. The van der Waals surface area contributed by atoms with Crippen molar-refractivity contribution in [2.24, 2.45) is 0 Å². The number of unbranched alkanes of at least 4 members (excludes halogenated alkanes) is 3. The molecule has 8 heteroatoms. The number of anilines is 1. The summed E-state index contributed by atoms with van der Waals surface area (Å²) in [6.07, 6.45) is 5.94. The molecule has 0 radical (unpaired) electrons. The summed E-state index contributed by atoms with van der Waals surface area (Å²) in [5.74, 6) is -0.252. The average Bonchev–Trinajstić information content (AvgIpc) is 3.56. The van der Waals surface area contributed by atoms with E-state index in [9.17, 15) is 9.59 Å². The second-order valence-corrected chi connectivity index (χ2v) is 10.0. The molecule has 1 aliphatic rings. The van der Waals surface area contributed by atoms with E-state index in [1.54, 1.807) is 17.0 Å². The van der Waals surface area contributed by atoms with E-state index in [4.69, 9.17) is 9.72 Å². The Morgan fingerprint density at radius 1 is 1.11 bits per heavy atom. The van der Waals surface area contributed by atoms with Gasteiger partial charge in [-0.3, -0.25) is 14.5 Å². The monoisotopic (exact) mass is 490 g/mol. The molecule has 0 saturated carbocycles. The smallest absolute Gasteiger partial charge is 0.281 e. The van der Waals surface area contributed by atoms with Crippen molar-refractivity contribution in [3.05, 3.63) is 64.6 Å². The van der Waals surface area contributed by atoms with Crippen molar-refractivity contribution in [1.29, 1.82) is 0 Å². The summed E-state index contributed by atoms with van der Waals surface area (Å²) in [4.78, 5) is 33.7. The summed E-state index contributed by atoms with van der Waals surface area (Å²) in [6, 6.07) is 15.1. The minimum absolute atomic E-state index is 0.0443. The third-order valence-electron chi connectivity index (χ3n) is 6.46. The molecule has 4 aromatic rings. The normalized spacial score (nSPS) is 15.7. The summed E-state index contributed by atoms with van der Waals surface area (Å²) in [5.41, 5.74) is 0.989. The number of carbonyl (C=O) groups is 1. The van der Waals surface area contributed by atoms with E-state index in [1.165, 1.54) is 16.0 Å². The lowest BCUT2D eigenvalue weighted by atomic mass is 10.1. The zero-order chi connectivity index (χ0) is 24.2. The van der Waals surface area contributed by atoms with Gasteiger partial charge in [0.2, 0.25) is 0 Å². The van der Waals surface area contributed by atoms with Gasteiger partial charge in [0.25, 0.3) is 11.5 Å². The van der Waals surface area contributed by atoms with Gasteiger partial charge in [-0.15, -0.1) is 0 Å². The topological polar surface area (TPSA) is 77.3 Å². The zero-order valence-electron chi connectivity index (χ0n) is 20.0. The molecule has 2 aromatic carbocycles. The summed E-state index contributed by atoms with van der Waals surface area (Å²) >= 11 is 1.49. The fourth-order valence-electron chi connectivity index (χ4n) is 4.58. The second kappa shape index (κ2) is 10.7. The number of hydrogen-bond acceptors (Lipinski definition) is 6. The van der Waals surface area contributed by atoms with E-state index in [2.05, 4.69) is 12.0 Å². The number of rotatable bonds is 9. The first-order valence-corrected chi connectivity index (χ1v) is 13.3. The quantitative estimate of drug-likeness (QED) is 0.293. The van der Waals surface area contributed by atoms with E-state index >= 15 is 0 Å². The molecule has 1 amide bonds. The van der Waals surface area contributed by atoms with Gasteiger partial charge in [0.15, 0.2) is 10.8 Å². The second-order valence-electron chi connectivity index (χ2n) is 9.00. The third kappa shape index (κ3) is 4.99. The first kappa shape index (κ1) is 23.6. The molecule has 7 nitrogen and oxygen atoms in total. The van der Waals surface area contributed by atoms with Crippen LogP contribution in [0, 0.1) is 0 Å². The van der Waals surface area contributed by atoms with Crippen LogP contribution in [-0.4, -0.2) is 39.9 Å². The number of hydrogen-bond donors (Lipinski definition) is 0. The third-order valence-corrected chi connectivity index (χ3v) is 7.52. The van der Waals surface area contributed by atoms with Crippen LogP contribution in [-0.2, 0) is 11.3 Å². The molecule has 5 rings (SSSR count). The maximum Gasteiger partial charge on any atom is 0.281 e. The van der Waals surface area contributed by atoms with E-state index in [-0.39, 0.29) is 23.3 Å². The van der Waals surface area contributed by atoms with Gasteiger partial charge in [0.1, 0.15) is 0 Å². The van der Waals surface area contributed by atoms with Crippen LogP contribution in [0.1, 0.15) is 55.9 Å². The number of thiazole rings is 1. The number of nitrogens with zero attached hydrogens (tertiary/aromatic N) is 4. The lowest BCUT2D eigenvalue weighted by Gasteiger charge is -2.23. The molecule has 0 aliphatic carbocycles. The number of fused-ring (bicyclic) bond motifs is 2. The maximum absolute atomic E-state index is 14.1. The Balaban J connectivity index is 1.57. The van der Waals surface area contributed by atoms with Crippen LogP contribution in [0.5, 0.6) is 0 Å². The Morgan fingerprint density at radius 2 is 1.91 bits per heavy atom. The van der Waals surface area contributed by atoms with E-state index in [1.807, 2.05) is 36.4 Å². The zero-order valence-corrected chi connectivity index (χ0v) is 20.8. The highest BCUT2D eigenvalue weighted by Gasteiger charge is 2.29. The van der Waals surface area contributed by atoms with Gasteiger partial charge in [0, 0.05) is 18.5 Å². The SMILES string of the molecule is CCCCCCn1nc(C(=O)N(CC2CCCO2)c2nc3ccccc3s2)c2ccccc2c1=O. The van der Waals surface area contributed by atoms with Crippen LogP contribution >= 0.6 is 11.3 Å². The van der Waals surface area contributed by atoms with E-state index < -0.39 is 0 Å². The highest BCUT2D eigenvalue weighted by Crippen LogP contribution is 2.31. The van der Waals surface area contributed by atoms with Crippen LogP contribution in [0.2, 0.25) is 0 Å². The fraction of sp³-hybridized carbons (Fsp3) is 0.407. The predicted octanol–water partition coefficient (Wildman–Crippen LogP) is 5.41. The lowest BCUT2D eigenvalue weighted by Crippen LogP contribution is -2.39. The van der Waals surface area contributed by atoms with Gasteiger partial charge in [0.05, 0.1) is 28.3 Å². The molecule has 3 heterocycles. The molecule has 0 spiro atoms. The van der Waals surface area contributed by atoms with Crippen molar-refractivity contribution in [2.75, 3.05) is 18.1 Å². The van der Waals surface area contributed by atoms with Crippen molar-refractivity contribution in [3.63, 3.8) is 0 Å². The number of aromatic nitrogens is 3. The number of aryl methyl sites for hydroxylation is 1. The van der Waals surface area contributed by atoms with E-state index in [0.717, 1.165) is 48.7 Å². The Bertz CT molecular complexity index is 1360. The summed E-state index contributed by atoms with van der Waals surface area (Å²) in [7, 11) is 0. The number of para-hydroxylation sites is 1. The summed E-state index contributed by atoms with van der Waals surface area (Å²) in [6.45, 7) is 3.76. The number of ether oxygens (including phenoxy) is 1.